The van der Waals surface area contributed by atoms with Crippen molar-refractivity contribution in [1.82, 2.24) is 4.90 Å². The number of amides is 3. The first-order valence-electron chi connectivity index (χ1n) is 8.57. The number of carbonyl (C=O) groups is 3. The minimum atomic E-state index is -0.733. The number of likely N-dealkylation sites (N-methyl/N-ethyl adjacent to an activating group) is 2. The molecule has 0 aliphatic carbocycles. The normalized spacial score (nSPS) is 22.0. The van der Waals surface area contributed by atoms with Crippen LogP contribution in [0, 0.1) is 6.92 Å². The summed E-state index contributed by atoms with van der Waals surface area (Å²) < 4.78 is 0. The third kappa shape index (κ3) is 2.68. The molecule has 3 amide bonds. The van der Waals surface area contributed by atoms with E-state index in [0.717, 1.165) is 21.0 Å². The van der Waals surface area contributed by atoms with E-state index >= 15 is 0 Å². The fourth-order valence-electron chi connectivity index (χ4n) is 3.42. The third-order valence-corrected chi connectivity index (χ3v) is 6.17. The molecule has 27 heavy (non-hydrogen) atoms. The molecule has 2 aliphatic rings. The maximum absolute atomic E-state index is 12.9. The van der Waals surface area contributed by atoms with Crippen LogP contribution in [-0.2, 0) is 14.4 Å². The van der Waals surface area contributed by atoms with Gasteiger partial charge in [0.25, 0.3) is 11.8 Å². The zero-order valence-electron chi connectivity index (χ0n) is 15.2. The van der Waals surface area contributed by atoms with Gasteiger partial charge in [0, 0.05) is 24.6 Å². The van der Waals surface area contributed by atoms with Crippen molar-refractivity contribution in [2.24, 2.45) is 0 Å². The molecule has 1 fully saturated rings. The highest BCUT2D eigenvalue weighted by Gasteiger charge is 2.47. The first kappa shape index (κ1) is 17.5. The molecule has 0 spiro atoms. The predicted octanol–water partition coefficient (Wildman–Crippen LogP) is 2.88. The van der Waals surface area contributed by atoms with E-state index in [2.05, 4.69) is 0 Å². The molecule has 1 atom stereocenters. The zero-order valence-corrected chi connectivity index (χ0v) is 16.0. The molecule has 0 bridgehead atoms. The van der Waals surface area contributed by atoms with E-state index in [4.69, 9.17) is 0 Å². The smallest absolute Gasteiger partial charge is 0.259 e. The summed E-state index contributed by atoms with van der Waals surface area (Å²) in [6.07, 6.45) is 0. The molecule has 2 aromatic carbocycles. The number of thioether (sulfide) groups is 1. The van der Waals surface area contributed by atoms with Gasteiger partial charge in [0.15, 0.2) is 0 Å². The molecule has 0 aromatic heterocycles. The Labute approximate surface area is 161 Å². The summed E-state index contributed by atoms with van der Waals surface area (Å²) >= 11 is 1.31. The van der Waals surface area contributed by atoms with Crippen LogP contribution in [0.15, 0.2) is 59.0 Å². The first-order chi connectivity index (χ1) is 12.9. The van der Waals surface area contributed by atoms with Gasteiger partial charge in [-0.3, -0.25) is 19.3 Å². The summed E-state index contributed by atoms with van der Waals surface area (Å²) in [5, 5.41) is -0.733. The molecule has 2 aliphatic heterocycles. The lowest BCUT2D eigenvalue weighted by Crippen LogP contribution is -2.26. The Balaban J connectivity index is 1.87. The number of likely N-dealkylation sites (tertiary alicyclic amines) is 1. The van der Waals surface area contributed by atoms with Crippen molar-refractivity contribution >= 4 is 40.7 Å². The van der Waals surface area contributed by atoms with Gasteiger partial charge >= 0.3 is 0 Å². The number of para-hydroxylation sites is 1. The molecule has 1 saturated heterocycles. The zero-order chi connectivity index (χ0) is 19.3. The number of imide groups is 1. The van der Waals surface area contributed by atoms with Crippen LogP contribution in [0.4, 0.5) is 5.69 Å². The van der Waals surface area contributed by atoms with Gasteiger partial charge < -0.3 is 4.90 Å². The number of aryl methyl sites for hydroxylation is 1. The summed E-state index contributed by atoms with van der Waals surface area (Å²) in [4.78, 5) is 42.1. The summed E-state index contributed by atoms with van der Waals surface area (Å²) in [7, 11) is 3.15. The SMILES string of the molecule is Cc1ccc(SC2C(=O)N(C)C(=O)/C2=C2/C(=O)N(C)c3ccccc32)cc1. The van der Waals surface area contributed by atoms with Crippen LogP contribution < -0.4 is 4.90 Å². The Morgan fingerprint density at radius 2 is 1.52 bits per heavy atom. The fourth-order valence-corrected chi connectivity index (χ4v) is 4.58. The van der Waals surface area contributed by atoms with Gasteiger partial charge in [-0.1, -0.05) is 35.9 Å². The van der Waals surface area contributed by atoms with Gasteiger partial charge in [-0.2, -0.15) is 0 Å². The number of anilines is 1. The molecule has 5 nitrogen and oxygen atoms in total. The molecular weight excluding hydrogens is 360 g/mol. The molecule has 2 aromatic rings. The van der Waals surface area contributed by atoms with Crippen molar-refractivity contribution in [3.05, 3.63) is 65.2 Å². The highest BCUT2D eigenvalue weighted by atomic mass is 32.2. The second-order valence-corrected chi connectivity index (χ2v) is 7.86. The van der Waals surface area contributed by atoms with E-state index in [9.17, 15) is 14.4 Å². The number of fused-ring (bicyclic) bond motifs is 1. The fraction of sp³-hybridized carbons (Fsp3) is 0.190. The summed E-state index contributed by atoms with van der Waals surface area (Å²) in [5.41, 5.74) is 3.17. The monoisotopic (exact) mass is 378 g/mol. The van der Waals surface area contributed by atoms with E-state index in [1.165, 1.54) is 23.7 Å². The lowest BCUT2D eigenvalue weighted by molar-refractivity contribution is -0.135. The van der Waals surface area contributed by atoms with Crippen LogP contribution in [0.5, 0.6) is 0 Å². The average molecular weight is 378 g/mol. The van der Waals surface area contributed by atoms with Crippen molar-refractivity contribution in [2.45, 2.75) is 17.1 Å². The molecule has 0 radical (unpaired) electrons. The highest BCUT2D eigenvalue weighted by Crippen LogP contribution is 2.43. The Morgan fingerprint density at radius 1 is 0.852 bits per heavy atom. The number of rotatable bonds is 2. The topological polar surface area (TPSA) is 57.7 Å². The van der Waals surface area contributed by atoms with Gasteiger partial charge in [-0.05, 0) is 25.1 Å². The molecular formula is C21H18N2O3S. The Morgan fingerprint density at radius 3 is 2.22 bits per heavy atom. The minimum absolute atomic E-state index is 0.253. The van der Waals surface area contributed by atoms with Crippen molar-refractivity contribution < 1.29 is 14.4 Å². The quantitative estimate of drug-likeness (QED) is 0.596. The van der Waals surface area contributed by atoms with Crippen LogP contribution in [0.3, 0.4) is 0 Å². The first-order valence-corrected chi connectivity index (χ1v) is 9.45. The molecule has 0 saturated carbocycles. The maximum Gasteiger partial charge on any atom is 0.259 e. The van der Waals surface area contributed by atoms with Crippen LogP contribution in [0.25, 0.3) is 5.57 Å². The van der Waals surface area contributed by atoms with Crippen molar-refractivity contribution in [2.75, 3.05) is 19.0 Å². The number of carbonyl (C=O) groups excluding carboxylic acids is 3. The third-order valence-electron chi connectivity index (χ3n) is 4.95. The van der Waals surface area contributed by atoms with Crippen LogP contribution in [0.1, 0.15) is 11.1 Å². The molecule has 136 valence electrons. The largest absolute Gasteiger partial charge is 0.311 e. The van der Waals surface area contributed by atoms with E-state index in [-0.39, 0.29) is 17.4 Å². The number of hydrogen-bond acceptors (Lipinski definition) is 4. The Bertz CT molecular complexity index is 1010. The van der Waals surface area contributed by atoms with Crippen LogP contribution in [-0.4, -0.2) is 42.0 Å². The minimum Gasteiger partial charge on any atom is -0.311 e. The van der Waals surface area contributed by atoms with E-state index in [0.29, 0.717) is 11.1 Å². The van der Waals surface area contributed by atoms with Crippen molar-refractivity contribution in [1.29, 1.82) is 0 Å². The van der Waals surface area contributed by atoms with E-state index in [1.54, 1.807) is 7.05 Å². The lowest BCUT2D eigenvalue weighted by atomic mass is 10.00. The molecule has 1 unspecified atom stereocenters. The second kappa shape index (κ2) is 6.39. The number of nitrogens with zero attached hydrogens (tertiary/aromatic N) is 2. The molecule has 6 heteroatoms. The van der Waals surface area contributed by atoms with Crippen LogP contribution >= 0.6 is 11.8 Å². The number of hydrogen-bond donors (Lipinski definition) is 0. The van der Waals surface area contributed by atoms with Gasteiger partial charge in [-0.15, -0.1) is 11.8 Å². The molecule has 2 heterocycles. The summed E-state index contributed by atoms with van der Waals surface area (Å²) in [6.45, 7) is 1.99. The summed E-state index contributed by atoms with van der Waals surface area (Å²) in [6, 6.07) is 15.1. The van der Waals surface area contributed by atoms with E-state index < -0.39 is 11.2 Å². The summed E-state index contributed by atoms with van der Waals surface area (Å²) in [5.74, 6) is -0.955. The number of benzene rings is 2. The van der Waals surface area contributed by atoms with Gasteiger partial charge in [0.2, 0.25) is 5.91 Å². The maximum atomic E-state index is 12.9. The second-order valence-electron chi connectivity index (χ2n) is 6.68. The Kier molecular flexibility index (Phi) is 4.15. The van der Waals surface area contributed by atoms with Gasteiger partial charge in [0.1, 0.15) is 5.25 Å². The predicted molar refractivity (Wildman–Crippen MR) is 105 cm³/mol. The molecule has 4 rings (SSSR count). The van der Waals surface area contributed by atoms with Gasteiger partial charge in [0.05, 0.1) is 16.8 Å². The van der Waals surface area contributed by atoms with Gasteiger partial charge in [-0.25, -0.2) is 0 Å². The standard InChI is InChI=1S/C21H18N2O3S/c1-12-8-10-13(11-9-12)27-18-17(20(25)23(3)21(18)26)16-14-6-4-5-7-15(14)22(2)19(16)24/h4-11,18H,1-3H3/b17-16+. The van der Waals surface area contributed by atoms with Crippen LogP contribution in [0.2, 0.25) is 0 Å². The average Bonchev–Trinajstić information content (AvgIpc) is 3.03. The highest BCUT2D eigenvalue weighted by molar-refractivity contribution is 8.01. The van der Waals surface area contributed by atoms with Crippen molar-refractivity contribution in [3.8, 4) is 0 Å². The molecule has 0 N–H and O–H groups in total. The lowest BCUT2D eigenvalue weighted by Gasteiger charge is -2.11. The van der Waals surface area contributed by atoms with Crippen molar-refractivity contribution in [3.63, 3.8) is 0 Å². The Hall–Kier alpha value is -2.86. The van der Waals surface area contributed by atoms with E-state index in [1.807, 2.05) is 55.5 Å².